The van der Waals surface area contributed by atoms with Crippen LogP contribution in [0.15, 0.2) is 18.2 Å². The molecule has 114 valence electrons. The first-order valence-electron chi connectivity index (χ1n) is 6.93. The fraction of sp³-hybridized carbons (Fsp3) is 0.500. The number of hydrogen-bond acceptors (Lipinski definition) is 4. The van der Waals surface area contributed by atoms with Gasteiger partial charge < -0.3 is 10.6 Å². The van der Waals surface area contributed by atoms with Crippen molar-refractivity contribution in [3.8, 4) is 0 Å². The second-order valence-electron chi connectivity index (χ2n) is 5.26. The maximum absolute atomic E-state index is 12.6. The Labute approximate surface area is 128 Å². The molecule has 0 aliphatic carbocycles. The van der Waals surface area contributed by atoms with Crippen molar-refractivity contribution in [3.63, 3.8) is 0 Å². The Balaban J connectivity index is 2.30. The summed E-state index contributed by atoms with van der Waals surface area (Å²) in [6, 6.07) is 4.33. The first-order chi connectivity index (χ1) is 9.95. The molecule has 6 nitrogen and oxygen atoms in total. The minimum atomic E-state index is -0.577. The molecule has 21 heavy (non-hydrogen) atoms. The van der Waals surface area contributed by atoms with Crippen LogP contribution in [0.25, 0.3) is 0 Å². The van der Waals surface area contributed by atoms with Crippen LogP contribution in [0.3, 0.4) is 0 Å². The van der Waals surface area contributed by atoms with Gasteiger partial charge in [-0.2, -0.15) is 0 Å². The van der Waals surface area contributed by atoms with Crippen molar-refractivity contribution in [2.45, 2.75) is 25.8 Å². The Morgan fingerprint density at radius 2 is 2.29 bits per heavy atom. The average molecular weight is 312 g/mol. The number of nitrogens with zero attached hydrogens (tertiary/aromatic N) is 2. The highest BCUT2D eigenvalue weighted by Gasteiger charge is 2.32. The molecule has 0 spiro atoms. The zero-order valence-corrected chi connectivity index (χ0v) is 12.5. The van der Waals surface area contributed by atoms with Crippen LogP contribution in [0.1, 0.15) is 30.1 Å². The van der Waals surface area contributed by atoms with E-state index in [0.29, 0.717) is 19.5 Å². The van der Waals surface area contributed by atoms with E-state index in [1.807, 2.05) is 6.92 Å². The summed E-state index contributed by atoms with van der Waals surface area (Å²) in [4.78, 5) is 24.7. The van der Waals surface area contributed by atoms with Crippen LogP contribution in [-0.4, -0.2) is 34.9 Å². The van der Waals surface area contributed by atoms with E-state index in [1.54, 1.807) is 4.90 Å². The average Bonchev–Trinajstić information content (AvgIpc) is 2.46. The lowest BCUT2D eigenvalue weighted by Crippen LogP contribution is -2.49. The Morgan fingerprint density at radius 3 is 2.90 bits per heavy atom. The van der Waals surface area contributed by atoms with Crippen molar-refractivity contribution in [2.75, 3.05) is 13.1 Å². The van der Waals surface area contributed by atoms with E-state index in [1.165, 1.54) is 18.2 Å². The van der Waals surface area contributed by atoms with Gasteiger partial charge in [0.1, 0.15) is 5.56 Å². The maximum Gasteiger partial charge on any atom is 0.283 e. The number of likely N-dealkylation sites (tertiary alicyclic amines) is 1. The van der Waals surface area contributed by atoms with E-state index in [9.17, 15) is 14.9 Å². The van der Waals surface area contributed by atoms with Crippen LogP contribution in [0.5, 0.6) is 0 Å². The Kier molecular flexibility index (Phi) is 4.80. The van der Waals surface area contributed by atoms with Crippen molar-refractivity contribution < 1.29 is 9.72 Å². The van der Waals surface area contributed by atoms with Gasteiger partial charge in [0.15, 0.2) is 0 Å². The number of nitro benzene ring substituents is 1. The third kappa shape index (κ3) is 3.16. The van der Waals surface area contributed by atoms with Gasteiger partial charge in [-0.05, 0) is 18.4 Å². The monoisotopic (exact) mass is 311 g/mol. The molecule has 2 atom stereocenters. The summed E-state index contributed by atoms with van der Waals surface area (Å²) in [7, 11) is 0. The molecule has 1 heterocycles. The normalized spacial score (nSPS) is 22.1. The Hall–Kier alpha value is -1.66. The summed E-state index contributed by atoms with van der Waals surface area (Å²) in [5.41, 5.74) is 5.74. The molecule has 7 heteroatoms. The van der Waals surface area contributed by atoms with Crippen LogP contribution >= 0.6 is 11.6 Å². The molecule has 1 aromatic rings. The lowest BCUT2D eigenvalue weighted by molar-refractivity contribution is -0.385. The van der Waals surface area contributed by atoms with Crippen LogP contribution in [0, 0.1) is 16.0 Å². The van der Waals surface area contributed by atoms with Crippen LogP contribution in [0.4, 0.5) is 5.69 Å². The number of piperidine rings is 1. The van der Waals surface area contributed by atoms with Gasteiger partial charge >= 0.3 is 0 Å². The number of nitrogens with two attached hydrogens (primary N) is 1. The molecule has 2 rings (SSSR count). The predicted molar refractivity (Wildman–Crippen MR) is 80.4 cm³/mol. The molecular weight excluding hydrogens is 294 g/mol. The van der Waals surface area contributed by atoms with Crippen molar-refractivity contribution in [1.29, 1.82) is 0 Å². The molecule has 1 aromatic carbocycles. The molecule has 0 aromatic heterocycles. The molecule has 0 radical (unpaired) electrons. The van der Waals surface area contributed by atoms with Crippen molar-refractivity contribution in [1.82, 2.24) is 4.90 Å². The highest BCUT2D eigenvalue weighted by Crippen LogP contribution is 2.29. The van der Waals surface area contributed by atoms with E-state index in [2.05, 4.69) is 0 Å². The number of nitro groups is 1. The van der Waals surface area contributed by atoms with Gasteiger partial charge in [-0.15, -0.1) is 0 Å². The number of halogens is 1. The van der Waals surface area contributed by atoms with Crippen molar-refractivity contribution in [3.05, 3.63) is 38.9 Å². The van der Waals surface area contributed by atoms with Gasteiger partial charge in [0, 0.05) is 25.2 Å². The summed E-state index contributed by atoms with van der Waals surface area (Å²) in [6.45, 7) is 3.04. The quantitative estimate of drug-likeness (QED) is 0.686. The van der Waals surface area contributed by atoms with Gasteiger partial charge in [0.2, 0.25) is 0 Å². The summed E-state index contributed by atoms with van der Waals surface area (Å²) < 4.78 is 0. The lowest BCUT2D eigenvalue weighted by atomic mass is 9.90. The minimum absolute atomic E-state index is 0.0329. The minimum Gasteiger partial charge on any atom is -0.338 e. The van der Waals surface area contributed by atoms with Crippen LogP contribution in [-0.2, 0) is 0 Å². The zero-order valence-electron chi connectivity index (χ0n) is 11.8. The van der Waals surface area contributed by atoms with Crippen molar-refractivity contribution >= 4 is 23.2 Å². The molecule has 0 saturated carbocycles. The number of hydrogen-bond donors (Lipinski definition) is 1. The first kappa shape index (κ1) is 15.7. The molecule has 1 saturated heterocycles. The summed E-state index contributed by atoms with van der Waals surface area (Å²) in [5.74, 6) is -0.179. The third-order valence-electron chi connectivity index (χ3n) is 4.01. The van der Waals surface area contributed by atoms with Gasteiger partial charge in [-0.1, -0.05) is 31.0 Å². The molecule has 0 bridgehead atoms. The maximum atomic E-state index is 12.6. The van der Waals surface area contributed by atoms with E-state index >= 15 is 0 Å². The van der Waals surface area contributed by atoms with Gasteiger partial charge in [0.05, 0.1) is 9.95 Å². The molecule has 1 amide bonds. The molecular formula is C14H18ClN3O3. The topological polar surface area (TPSA) is 89.5 Å². The van der Waals surface area contributed by atoms with E-state index in [4.69, 9.17) is 17.3 Å². The summed E-state index contributed by atoms with van der Waals surface area (Å²) in [6.07, 6.45) is 1.57. The zero-order chi connectivity index (χ0) is 15.6. The molecule has 1 fully saturated rings. The van der Waals surface area contributed by atoms with Crippen LogP contribution < -0.4 is 5.73 Å². The second-order valence-corrected chi connectivity index (χ2v) is 5.67. The SMILES string of the molecule is CCC1CN(C(=O)c2c(Cl)cccc2[N+](=O)[O-])CCC1N. The summed E-state index contributed by atoms with van der Waals surface area (Å²) in [5, 5.41) is 11.2. The number of benzene rings is 1. The largest absolute Gasteiger partial charge is 0.338 e. The van der Waals surface area contributed by atoms with Gasteiger partial charge in [-0.3, -0.25) is 14.9 Å². The first-order valence-corrected chi connectivity index (χ1v) is 7.31. The summed E-state index contributed by atoms with van der Waals surface area (Å²) >= 11 is 6.01. The molecule has 2 unspecified atom stereocenters. The van der Waals surface area contributed by atoms with E-state index in [0.717, 1.165) is 6.42 Å². The van der Waals surface area contributed by atoms with E-state index < -0.39 is 10.8 Å². The van der Waals surface area contributed by atoms with E-state index in [-0.39, 0.29) is 28.2 Å². The lowest BCUT2D eigenvalue weighted by Gasteiger charge is -2.36. The van der Waals surface area contributed by atoms with Crippen LogP contribution in [0.2, 0.25) is 5.02 Å². The number of amides is 1. The predicted octanol–water partition coefficient (Wildman–Crippen LogP) is 2.45. The smallest absolute Gasteiger partial charge is 0.283 e. The highest BCUT2D eigenvalue weighted by atomic mass is 35.5. The molecule has 2 N–H and O–H groups in total. The number of carbonyl (C=O) groups excluding carboxylic acids is 1. The second kappa shape index (κ2) is 6.41. The third-order valence-corrected chi connectivity index (χ3v) is 4.32. The standard InChI is InChI=1S/C14H18ClN3O3/c1-2-9-8-17(7-6-11(9)16)14(19)13-10(15)4-3-5-12(13)18(20)21/h3-5,9,11H,2,6-8,16H2,1H3. The number of rotatable bonds is 3. The number of carbonyl (C=O) groups is 1. The fourth-order valence-corrected chi connectivity index (χ4v) is 2.95. The van der Waals surface area contributed by atoms with Crippen molar-refractivity contribution in [2.24, 2.45) is 11.7 Å². The fourth-order valence-electron chi connectivity index (χ4n) is 2.70. The molecule has 1 aliphatic rings. The van der Waals surface area contributed by atoms with Gasteiger partial charge in [0.25, 0.3) is 11.6 Å². The molecule has 1 aliphatic heterocycles. The Bertz CT molecular complexity index is 564. The highest BCUT2D eigenvalue weighted by molar-refractivity contribution is 6.34. The Morgan fingerprint density at radius 1 is 1.57 bits per heavy atom. The van der Waals surface area contributed by atoms with Gasteiger partial charge in [-0.25, -0.2) is 0 Å².